The van der Waals surface area contributed by atoms with Crippen LogP contribution >= 0.6 is 0 Å². The van der Waals surface area contributed by atoms with Crippen LogP contribution in [0.25, 0.3) is 5.69 Å². The first-order chi connectivity index (χ1) is 12.7. The van der Waals surface area contributed by atoms with Crippen molar-refractivity contribution in [1.82, 2.24) is 25.0 Å². The largest absolute Gasteiger partial charge is 0.486 e. The lowest BCUT2D eigenvalue weighted by atomic mass is 10.1. The number of nitrogens with zero attached hydrogens (tertiary/aromatic N) is 4. The van der Waals surface area contributed by atoms with E-state index < -0.39 is 0 Å². The molecule has 0 unspecified atom stereocenters. The van der Waals surface area contributed by atoms with Crippen LogP contribution in [0, 0.1) is 6.92 Å². The van der Waals surface area contributed by atoms with E-state index in [1.54, 1.807) is 4.68 Å². The lowest BCUT2D eigenvalue weighted by Gasteiger charge is -2.33. The average molecular weight is 357 g/mol. The van der Waals surface area contributed by atoms with Gasteiger partial charge in [-0.05, 0) is 25.6 Å². The SMILES string of the molecule is CCN1CCNC(=O)[C@H]1Cc1nc(C)nn1-c1ccc2c(c1)OCCO2. The second-order valence-electron chi connectivity index (χ2n) is 6.45. The van der Waals surface area contributed by atoms with Crippen LogP contribution in [-0.4, -0.2) is 64.5 Å². The van der Waals surface area contributed by atoms with Crippen molar-refractivity contribution in [3.8, 4) is 17.2 Å². The van der Waals surface area contributed by atoms with Gasteiger partial charge in [-0.2, -0.15) is 5.10 Å². The van der Waals surface area contributed by atoms with Crippen LogP contribution in [0.1, 0.15) is 18.6 Å². The molecule has 0 aliphatic carbocycles. The van der Waals surface area contributed by atoms with E-state index in [4.69, 9.17) is 9.47 Å². The highest BCUT2D eigenvalue weighted by Gasteiger charge is 2.30. The molecule has 0 spiro atoms. The van der Waals surface area contributed by atoms with Crippen molar-refractivity contribution in [3.63, 3.8) is 0 Å². The van der Waals surface area contributed by atoms with Crippen molar-refractivity contribution in [1.29, 1.82) is 0 Å². The smallest absolute Gasteiger partial charge is 0.237 e. The van der Waals surface area contributed by atoms with Gasteiger partial charge in [-0.25, -0.2) is 9.67 Å². The van der Waals surface area contributed by atoms with Gasteiger partial charge < -0.3 is 14.8 Å². The number of carbonyl (C=O) groups excluding carboxylic acids is 1. The van der Waals surface area contributed by atoms with E-state index >= 15 is 0 Å². The van der Waals surface area contributed by atoms with Crippen LogP contribution in [-0.2, 0) is 11.2 Å². The second-order valence-corrected chi connectivity index (χ2v) is 6.45. The average Bonchev–Trinajstić information content (AvgIpc) is 3.03. The molecule has 4 rings (SSSR count). The molecule has 138 valence electrons. The maximum atomic E-state index is 12.4. The number of amides is 1. The Bertz CT molecular complexity index is 819. The molecule has 0 saturated carbocycles. The van der Waals surface area contributed by atoms with Gasteiger partial charge in [-0.15, -0.1) is 0 Å². The van der Waals surface area contributed by atoms with E-state index in [1.165, 1.54) is 0 Å². The summed E-state index contributed by atoms with van der Waals surface area (Å²) in [4.78, 5) is 19.1. The van der Waals surface area contributed by atoms with Crippen LogP contribution in [0.2, 0.25) is 0 Å². The molecular weight excluding hydrogens is 334 g/mol. The summed E-state index contributed by atoms with van der Waals surface area (Å²) in [5.41, 5.74) is 0.851. The van der Waals surface area contributed by atoms with Crippen LogP contribution in [0.15, 0.2) is 18.2 Å². The lowest BCUT2D eigenvalue weighted by molar-refractivity contribution is -0.128. The summed E-state index contributed by atoms with van der Waals surface area (Å²) < 4.78 is 13.1. The zero-order valence-corrected chi connectivity index (χ0v) is 15.1. The van der Waals surface area contributed by atoms with Crippen molar-refractivity contribution in [2.75, 3.05) is 32.8 Å². The maximum absolute atomic E-state index is 12.4. The summed E-state index contributed by atoms with van der Waals surface area (Å²) in [6.45, 7) is 7.40. The topological polar surface area (TPSA) is 81.5 Å². The first kappa shape index (κ1) is 16.8. The minimum atomic E-state index is -0.228. The fraction of sp³-hybridized carbons (Fsp3) is 0.500. The Hall–Kier alpha value is -2.61. The summed E-state index contributed by atoms with van der Waals surface area (Å²) in [6.07, 6.45) is 0.509. The molecule has 0 radical (unpaired) electrons. The third kappa shape index (κ3) is 3.12. The van der Waals surface area contributed by atoms with Gasteiger partial charge in [0.25, 0.3) is 0 Å². The molecule has 0 bridgehead atoms. The van der Waals surface area contributed by atoms with Crippen molar-refractivity contribution < 1.29 is 14.3 Å². The number of benzene rings is 1. The van der Waals surface area contributed by atoms with Crippen molar-refractivity contribution in [2.45, 2.75) is 26.3 Å². The van der Waals surface area contributed by atoms with E-state index in [2.05, 4.69) is 27.2 Å². The molecule has 2 aliphatic heterocycles. The van der Waals surface area contributed by atoms with Crippen molar-refractivity contribution >= 4 is 5.91 Å². The Balaban J connectivity index is 1.65. The maximum Gasteiger partial charge on any atom is 0.237 e. The Morgan fingerprint density at radius 3 is 2.88 bits per heavy atom. The number of hydrogen-bond acceptors (Lipinski definition) is 6. The van der Waals surface area contributed by atoms with Gasteiger partial charge in [0.15, 0.2) is 11.5 Å². The first-order valence-electron chi connectivity index (χ1n) is 9.00. The normalized spacial score (nSPS) is 20.1. The number of rotatable bonds is 4. The molecule has 2 aromatic rings. The van der Waals surface area contributed by atoms with Gasteiger partial charge in [0.05, 0.1) is 11.7 Å². The van der Waals surface area contributed by atoms with Crippen LogP contribution in [0.3, 0.4) is 0 Å². The fourth-order valence-corrected chi connectivity index (χ4v) is 3.50. The van der Waals surface area contributed by atoms with Gasteiger partial charge >= 0.3 is 0 Å². The minimum Gasteiger partial charge on any atom is -0.486 e. The molecule has 1 aromatic carbocycles. The Kier molecular flexibility index (Phi) is 4.50. The highest BCUT2D eigenvalue weighted by Crippen LogP contribution is 2.32. The molecule has 1 saturated heterocycles. The number of piperazine rings is 1. The van der Waals surface area contributed by atoms with Crippen molar-refractivity contribution in [2.24, 2.45) is 0 Å². The molecule has 3 heterocycles. The number of fused-ring (bicyclic) bond motifs is 1. The van der Waals surface area contributed by atoms with Crippen LogP contribution < -0.4 is 14.8 Å². The standard InChI is InChI=1S/C18H23N5O3/c1-3-22-7-6-19-18(24)14(22)11-17-20-12(2)21-23(17)13-4-5-15-16(10-13)26-9-8-25-15/h4-5,10,14H,3,6-9,11H2,1-2H3,(H,19,24)/t14-/m1/s1. The zero-order valence-electron chi connectivity index (χ0n) is 15.1. The molecule has 26 heavy (non-hydrogen) atoms. The highest BCUT2D eigenvalue weighted by atomic mass is 16.6. The van der Waals surface area contributed by atoms with Gasteiger partial charge in [-0.3, -0.25) is 9.69 Å². The number of ether oxygens (including phenoxy) is 2. The number of hydrogen-bond donors (Lipinski definition) is 1. The van der Waals surface area contributed by atoms with Crippen LogP contribution in [0.5, 0.6) is 11.5 Å². The van der Waals surface area contributed by atoms with E-state index in [9.17, 15) is 4.79 Å². The first-order valence-corrected chi connectivity index (χ1v) is 9.00. The van der Waals surface area contributed by atoms with Gasteiger partial charge in [0.2, 0.25) is 5.91 Å². The quantitative estimate of drug-likeness (QED) is 0.868. The van der Waals surface area contributed by atoms with E-state index in [0.29, 0.717) is 37.8 Å². The molecule has 8 heteroatoms. The summed E-state index contributed by atoms with van der Waals surface area (Å²) in [5, 5.41) is 7.48. The van der Waals surface area contributed by atoms with Gasteiger partial charge in [0, 0.05) is 25.6 Å². The predicted molar refractivity (Wildman–Crippen MR) is 94.8 cm³/mol. The molecule has 1 aromatic heterocycles. The number of carbonyl (C=O) groups is 1. The van der Waals surface area contributed by atoms with E-state index in [0.717, 1.165) is 30.4 Å². The number of nitrogens with one attached hydrogen (secondary N) is 1. The molecule has 1 fully saturated rings. The second kappa shape index (κ2) is 6.95. The lowest BCUT2D eigenvalue weighted by Crippen LogP contribution is -2.56. The molecule has 1 atom stereocenters. The molecular formula is C18H23N5O3. The summed E-state index contributed by atoms with van der Waals surface area (Å²) >= 11 is 0. The number of likely N-dealkylation sites (N-methyl/N-ethyl adjacent to an activating group) is 1. The van der Waals surface area contributed by atoms with E-state index in [-0.39, 0.29) is 11.9 Å². The highest BCUT2D eigenvalue weighted by molar-refractivity contribution is 5.82. The Morgan fingerprint density at radius 2 is 2.08 bits per heavy atom. The van der Waals surface area contributed by atoms with Gasteiger partial charge in [-0.1, -0.05) is 6.92 Å². The van der Waals surface area contributed by atoms with Gasteiger partial charge in [0.1, 0.15) is 24.9 Å². The number of aromatic nitrogens is 3. The van der Waals surface area contributed by atoms with Crippen molar-refractivity contribution in [3.05, 3.63) is 29.8 Å². The van der Waals surface area contributed by atoms with Crippen LogP contribution in [0.4, 0.5) is 0 Å². The third-order valence-electron chi connectivity index (χ3n) is 4.77. The Morgan fingerprint density at radius 1 is 1.27 bits per heavy atom. The Labute approximate surface area is 152 Å². The monoisotopic (exact) mass is 357 g/mol. The fourth-order valence-electron chi connectivity index (χ4n) is 3.50. The third-order valence-corrected chi connectivity index (χ3v) is 4.77. The minimum absolute atomic E-state index is 0.0486. The summed E-state index contributed by atoms with van der Waals surface area (Å²) in [6, 6.07) is 5.50. The summed E-state index contributed by atoms with van der Waals surface area (Å²) in [7, 11) is 0. The predicted octanol–water partition coefficient (Wildman–Crippen LogP) is 0.710. The molecule has 1 amide bonds. The molecule has 8 nitrogen and oxygen atoms in total. The number of aryl methyl sites for hydroxylation is 1. The van der Waals surface area contributed by atoms with E-state index in [1.807, 2.05) is 25.1 Å². The molecule has 2 aliphatic rings. The summed E-state index contributed by atoms with van der Waals surface area (Å²) in [5.74, 6) is 2.93. The zero-order chi connectivity index (χ0) is 18.1. The molecule has 1 N–H and O–H groups in total.